The van der Waals surface area contributed by atoms with Crippen LogP contribution in [0.1, 0.15) is 37.7 Å². The van der Waals surface area contributed by atoms with Gasteiger partial charge < -0.3 is 10.1 Å². The number of nitrogens with zero attached hydrogens (tertiary/aromatic N) is 1. The van der Waals surface area contributed by atoms with E-state index in [1.165, 1.54) is 43.4 Å². The highest BCUT2D eigenvalue weighted by molar-refractivity contribution is 8.13. The van der Waals surface area contributed by atoms with Crippen molar-refractivity contribution in [2.45, 2.75) is 38.6 Å². The van der Waals surface area contributed by atoms with Crippen molar-refractivity contribution in [2.24, 2.45) is 10.4 Å². The number of nitrogens with one attached hydrogen (secondary N) is 1. The molecule has 0 saturated heterocycles. The normalized spacial score (nSPS) is 20.9. The minimum Gasteiger partial charge on any atom is -0.497 e. The van der Waals surface area contributed by atoms with Crippen LogP contribution in [-0.4, -0.2) is 24.6 Å². The second-order valence-corrected chi connectivity index (χ2v) is 7.14. The minimum atomic E-state index is 0.508. The number of aliphatic imine (C=N–C) groups is 1. The van der Waals surface area contributed by atoms with Crippen LogP contribution < -0.4 is 10.1 Å². The molecule has 0 bridgehead atoms. The van der Waals surface area contributed by atoms with E-state index in [-0.39, 0.29) is 0 Å². The molecule has 4 heteroatoms. The molecule has 1 saturated carbocycles. The average Bonchev–Trinajstić information content (AvgIpc) is 2.56. The highest BCUT2D eigenvalue weighted by atomic mass is 32.2. The molecule has 1 aliphatic carbocycles. The molecular weight excluding hydrogens is 280 g/mol. The molecule has 3 rings (SSSR count). The summed E-state index contributed by atoms with van der Waals surface area (Å²) >= 11 is 1.91. The van der Waals surface area contributed by atoms with Crippen molar-refractivity contribution >= 4 is 16.9 Å². The maximum absolute atomic E-state index is 5.18. The van der Waals surface area contributed by atoms with Gasteiger partial charge in [0.2, 0.25) is 0 Å². The number of methoxy groups -OCH3 is 1. The van der Waals surface area contributed by atoms with Crippen molar-refractivity contribution in [2.75, 3.05) is 19.4 Å². The zero-order valence-electron chi connectivity index (χ0n) is 12.7. The summed E-state index contributed by atoms with van der Waals surface area (Å²) in [6.45, 7) is 1.85. The molecule has 114 valence electrons. The van der Waals surface area contributed by atoms with Gasteiger partial charge in [0, 0.05) is 18.8 Å². The molecule has 1 spiro atoms. The number of hydrogen-bond donors (Lipinski definition) is 1. The maximum atomic E-state index is 5.18. The lowest BCUT2D eigenvalue weighted by molar-refractivity contribution is 0.232. The molecule has 1 aromatic carbocycles. The summed E-state index contributed by atoms with van der Waals surface area (Å²) in [6.07, 6.45) is 6.94. The number of amidine groups is 1. The number of thioether (sulfide) groups is 1. The van der Waals surface area contributed by atoms with Crippen molar-refractivity contribution in [1.29, 1.82) is 0 Å². The maximum Gasteiger partial charge on any atom is 0.156 e. The van der Waals surface area contributed by atoms with Crippen LogP contribution in [0.4, 0.5) is 0 Å². The average molecular weight is 304 g/mol. The largest absolute Gasteiger partial charge is 0.497 e. The molecule has 0 amide bonds. The van der Waals surface area contributed by atoms with Gasteiger partial charge in [0.25, 0.3) is 0 Å². The number of hydrogen-bond acceptors (Lipinski definition) is 4. The second-order valence-electron chi connectivity index (χ2n) is 6.17. The topological polar surface area (TPSA) is 33.6 Å². The molecule has 0 aromatic heterocycles. The molecule has 2 aliphatic rings. The molecule has 3 nitrogen and oxygen atoms in total. The predicted molar refractivity (Wildman–Crippen MR) is 90.1 cm³/mol. The summed E-state index contributed by atoms with van der Waals surface area (Å²) in [4.78, 5) is 4.80. The number of rotatable bonds is 3. The Bertz CT molecular complexity index is 492. The van der Waals surface area contributed by atoms with Crippen LogP contribution in [0.25, 0.3) is 0 Å². The van der Waals surface area contributed by atoms with Gasteiger partial charge in [0.1, 0.15) is 5.75 Å². The van der Waals surface area contributed by atoms with Gasteiger partial charge in [0.15, 0.2) is 5.17 Å². The zero-order chi connectivity index (χ0) is 14.5. The van der Waals surface area contributed by atoms with Gasteiger partial charge in [-0.2, -0.15) is 0 Å². The highest BCUT2D eigenvalue weighted by Gasteiger charge is 2.34. The Morgan fingerprint density at radius 3 is 2.57 bits per heavy atom. The van der Waals surface area contributed by atoms with Crippen LogP contribution in [0.15, 0.2) is 29.3 Å². The summed E-state index contributed by atoms with van der Waals surface area (Å²) in [5.74, 6) is 2.14. The van der Waals surface area contributed by atoms with Crippen LogP contribution in [0.2, 0.25) is 0 Å². The van der Waals surface area contributed by atoms with E-state index in [0.29, 0.717) is 5.41 Å². The first-order valence-corrected chi connectivity index (χ1v) is 8.82. The van der Waals surface area contributed by atoms with Crippen molar-refractivity contribution < 1.29 is 4.74 Å². The smallest absolute Gasteiger partial charge is 0.156 e. The second kappa shape index (κ2) is 6.73. The lowest BCUT2D eigenvalue weighted by atomic mass is 9.75. The fourth-order valence-electron chi connectivity index (χ4n) is 3.18. The van der Waals surface area contributed by atoms with E-state index >= 15 is 0 Å². The Morgan fingerprint density at radius 1 is 1.19 bits per heavy atom. The van der Waals surface area contributed by atoms with Gasteiger partial charge in [-0.05, 0) is 36.0 Å². The van der Waals surface area contributed by atoms with Crippen molar-refractivity contribution in [1.82, 2.24) is 5.32 Å². The molecule has 21 heavy (non-hydrogen) atoms. The molecule has 0 radical (unpaired) electrons. The van der Waals surface area contributed by atoms with Crippen LogP contribution in [0.3, 0.4) is 0 Å². The molecule has 0 unspecified atom stereocenters. The Hall–Kier alpha value is -1.16. The quantitative estimate of drug-likeness (QED) is 0.921. The molecule has 1 aromatic rings. The van der Waals surface area contributed by atoms with Crippen LogP contribution in [-0.2, 0) is 6.54 Å². The third-order valence-electron chi connectivity index (χ3n) is 4.59. The van der Waals surface area contributed by atoms with E-state index < -0.39 is 0 Å². The summed E-state index contributed by atoms with van der Waals surface area (Å²) in [7, 11) is 1.70. The van der Waals surface area contributed by atoms with Gasteiger partial charge in [-0.25, -0.2) is 0 Å². The summed E-state index contributed by atoms with van der Waals surface area (Å²) in [5, 5.41) is 4.58. The Labute approximate surface area is 131 Å². The third-order valence-corrected chi connectivity index (χ3v) is 5.89. The van der Waals surface area contributed by atoms with Gasteiger partial charge in [-0.15, -0.1) is 0 Å². The standard InChI is InChI=1S/C17H24N2OS/c1-20-15-7-5-14(6-8-15)11-18-16-19-12-17(13-21-16)9-3-2-4-10-17/h5-8H,2-4,9-13H2,1H3,(H,18,19). The van der Waals surface area contributed by atoms with Crippen molar-refractivity contribution in [3.63, 3.8) is 0 Å². The van der Waals surface area contributed by atoms with Crippen LogP contribution >= 0.6 is 11.8 Å². The van der Waals surface area contributed by atoms with Crippen LogP contribution in [0.5, 0.6) is 5.75 Å². The lowest BCUT2D eigenvalue weighted by Gasteiger charge is -2.38. The lowest BCUT2D eigenvalue weighted by Crippen LogP contribution is -2.36. The first-order valence-electron chi connectivity index (χ1n) is 7.84. The van der Waals surface area contributed by atoms with Crippen LogP contribution in [0, 0.1) is 5.41 Å². The molecule has 1 aliphatic heterocycles. The SMILES string of the molecule is COc1ccc(CNC2=NCC3(CCCCC3)CS2)cc1. The third kappa shape index (κ3) is 3.73. The van der Waals surface area contributed by atoms with E-state index in [1.54, 1.807) is 7.11 Å². The van der Waals surface area contributed by atoms with E-state index in [9.17, 15) is 0 Å². The first kappa shape index (κ1) is 14.8. The summed E-state index contributed by atoms with van der Waals surface area (Å²) < 4.78 is 5.18. The zero-order valence-corrected chi connectivity index (χ0v) is 13.5. The molecule has 1 heterocycles. The van der Waals surface area contributed by atoms with E-state index in [0.717, 1.165) is 24.0 Å². The molecule has 1 fully saturated rings. The Morgan fingerprint density at radius 2 is 1.95 bits per heavy atom. The Balaban J connectivity index is 1.51. The van der Waals surface area contributed by atoms with E-state index in [4.69, 9.17) is 9.73 Å². The number of ether oxygens (including phenoxy) is 1. The minimum absolute atomic E-state index is 0.508. The van der Waals surface area contributed by atoms with E-state index in [2.05, 4.69) is 17.4 Å². The molecule has 0 atom stereocenters. The van der Waals surface area contributed by atoms with Crippen molar-refractivity contribution in [3.05, 3.63) is 29.8 Å². The molecule has 1 N–H and O–H groups in total. The van der Waals surface area contributed by atoms with Gasteiger partial charge >= 0.3 is 0 Å². The fourth-order valence-corrected chi connectivity index (χ4v) is 4.34. The highest BCUT2D eigenvalue weighted by Crippen LogP contribution is 2.41. The molecular formula is C17H24N2OS. The van der Waals surface area contributed by atoms with Gasteiger partial charge in [-0.1, -0.05) is 43.2 Å². The van der Waals surface area contributed by atoms with E-state index in [1.807, 2.05) is 23.9 Å². The summed E-state index contributed by atoms with van der Waals surface area (Å²) in [6, 6.07) is 8.21. The number of benzene rings is 1. The van der Waals surface area contributed by atoms with Gasteiger partial charge in [0.05, 0.1) is 7.11 Å². The van der Waals surface area contributed by atoms with Crippen molar-refractivity contribution in [3.8, 4) is 5.75 Å². The summed E-state index contributed by atoms with van der Waals surface area (Å²) in [5.41, 5.74) is 1.77. The predicted octanol–water partition coefficient (Wildman–Crippen LogP) is 3.84. The first-order chi connectivity index (χ1) is 10.3. The van der Waals surface area contributed by atoms with Gasteiger partial charge in [-0.3, -0.25) is 4.99 Å². The fraction of sp³-hybridized carbons (Fsp3) is 0.588. The Kier molecular flexibility index (Phi) is 4.73. The monoisotopic (exact) mass is 304 g/mol.